The van der Waals surface area contributed by atoms with Gasteiger partial charge in [0.05, 0.1) is 11.8 Å². The second-order valence-electron chi connectivity index (χ2n) is 6.86. The SMILES string of the molecule is O=CN1CC(c2ccc(C(F)(F)F)cc2)CC(c2noc(-c3cnccn3)n2)C1. The van der Waals surface area contributed by atoms with Crippen molar-refractivity contribution in [2.45, 2.75) is 24.4 Å². The lowest BCUT2D eigenvalue weighted by Gasteiger charge is -2.34. The standard InChI is InChI=1S/C19H16F3N5O2/c20-19(21,22)15-3-1-12(2-4-15)13-7-14(10-27(9-13)11-28)17-25-18(29-26-17)16-8-23-5-6-24-16/h1-6,8,11,13-14H,7,9-10H2. The highest BCUT2D eigenvalue weighted by atomic mass is 19.4. The molecule has 0 aliphatic carbocycles. The molecular weight excluding hydrogens is 387 g/mol. The van der Waals surface area contributed by atoms with E-state index < -0.39 is 11.7 Å². The Hall–Kier alpha value is -3.30. The molecular formula is C19H16F3N5O2. The molecule has 1 aromatic carbocycles. The van der Waals surface area contributed by atoms with Crippen molar-refractivity contribution >= 4 is 6.41 Å². The van der Waals surface area contributed by atoms with Gasteiger partial charge in [-0.05, 0) is 24.1 Å². The summed E-state index contributed by atoms with van der Waals surface area (Å²) in [6.45, 7) is 0.820. The van der Waals surface area contributed by atoms with Crippen molar-refractivity contribution in [3.05, 3.63) is 59.8 Å². The van der Waals surface area contributed by atoms with Crippen LogP contribution in [0.1, 0.15) is 35.2 Å². The molecule has 4 rings (SSSR count). The minimum Gasteiger partial charge on any atom is -0.344 e. The number of benzene rings is 1. The first-order valence-corrected chi connectivity index (χ1v) is 8.90. The number of carbonyl (C=O) groups is 1. The van der Waals surface area contributed by atoms with E-state index in [4.69, 9.17) is 4.52 Å². The fourth-order valence-corrected chi connectivity index (χ4v) is 3.51. The van der Waals surface area contributed by atoms with Gasteiger partial charge in [0.2, 0.25) is 6.41 Å². The third kappa shape index (κ3) is 4.10. The topological polar surface area (TPSA) is 85.0 Å². The number of aromatic nitrogens is 4. The maximum atomic E-state index is 12.8. The average molecular weight is 403 g/mol. The van der Waals surface area contributed by atoms with Crippen LogP contribution in [0.3, 0.4) is 0 Å². The highest BCUT2D eigenvalue weighted by Gasteiger charge is 2.33. The Labute approximate surface area is 163 Å². The molecule has 10 heteroatoms. The fraction of sp³-hybridized carbons (Fsp3) is 0.316. The van der Waals surface area contributed by atoms with E-state index in [0.29, 0.717) is 31.0 Å². The molecule has 1 aliphatic rings. The highest BCUT2D eigenvalue weighted by molar-refractivity contribution is 5.48. The summed E-state index contributed by atoms with van der Waals surface area (Å²) < 4.78 is 43.7. The molecule has 0 spiro atoms. The molecule has 1 saturated heterocycles. The summed E-state index contributed by atoms with van der Waals surface area (Å²) in [5.74, 6) is 0.298. The summed E-state index contributed by atoms with van der Waals surface area (Å²) in [6.07, 6.45) is 1.46. The maximum absolute atomic E-state index is 12.8. The van der Waals surface area contributed by atoms with E-state index in [2.05, 4.69) is 20.1 Å². The summed E-state index contributed by atoms with van der Waals surface area (Å²) in [6, 6.07) is 5.04. The predicted octanol–water partition coefficient (Wildman–Crippen LogP) is 3.27. The molecule has 1 aliphatic heterocycles. The van der Waals surface area contributed by atoms with Gasteiger partial charge in [-0.3, -0.25) is 9.78 Å². The van der Waals surface area contributed by atoms with Gasteiger partial charge in [-0.15, -0.1) is 0 Å². The van der Waals surface area contributed by atoms with Crippen molar-refractivity contribution in [3.63, 3.8) is 0 Å². The Morgan fingerprint density at radius 1 is 1.10 bits per heavy atom. The Balaban J connectivity index is 1.56. The summed E-state index contributed by atoms with van der Waals surface area (Å²) >= 11 is 0. The van der Waals surface area contributed by atoms with Crippen molar-refractivity contribution in [3.8, 4) is 11.6 Å². The predicted molar refractivity (Wildman–Crippen MR) is 94.5 cm³/mol. The summed E-state index contributed by atoms with van der Waals surface area (Å²) in [4.78, 5) is 25.4. The molecule has 1 amide bonds. The summed E-state index contributed by atoms with van der Waals surface area (Å²) in [5.41, 5.74) is 0.466. The van der Waals surface area contributed by atoms with Gasteiger partial charge < -0.3 is 9.42 Å². The van der Waals surface area contributed by atoms with Crippen LogP contribution in [0.25, 0.3) is 11.6 Å². The zero-order valence-electron chi connectivity index (χ0n) is 15.1. The van der Waals surface area contributed by atoms with Gasteiger partial charge in [0, 0.05) is 37.3 Å². The van der Waals surface area contributed by atoms with Gasteiger partial charge in [0.1, 0.15) is 5.69 Å². The molecule has 3 aromatic rings. The number of halogens is 3. The zero-order valence-corrected chi connectivity index (χ0v) is 15.1. The van der Waals surface area contributed by atoms with Crippen LogP contribution in [-0.4, -0.2) is 44.5 Å². The van der Waals surface area contributed by atoms with E-state index in [1.165, 1.54) is 30.7 Å². The Morgan fingerprint density at radius 3 is 2.52 bits per heavy atom. The number of likely N-dealkylation sites (tertiary alicyclic amines) is 1. The molecule has 29 heavy (non-hydrogen) atoms. The molecule has 2 unspecified atom stereocenters. The molecule has 0 N–H and O–H groups in total. The smallest absolute Gasteiger partial charge is 0.344 e. The van der Waals surface area contributed by atoms with Crippen LogP contribution in [0.4, 0.5) is 13.2 Å². The highest BCUT2D eigenvalue weighted by Crippen LogP contribution is 2.36. The Morgan fingerprint density at radius 2 is 1.86 bits per heavy atom. The first-order chi connectivity index (χ1) is 13.9. The largest absolute Gasteiger partial charge is 0.416 e. The average Bonchev–Trinajstić information content (AvgIpc) is 3.24. The second kappa shape index (κ2) is 7.61. The van der Waals surface area contributed by atoms with Crippen LogP contribution in [0, 0.1) is 0 Å². The normalized spacial score (nSPS) is 19.9. The van der Waals surface area contributed by atoms with Gasteiger partial charge in [-0.1, -0.05) is 17.3 Å². The molecule has 2 atom stereocenters. The van der Waals surface area contributed by atoms with E-state index in [9.17, 15) is 18.0 Å². The number of alkyl halides is 3. The van der Waals surface area contributed by atoms with E-state index in [1.54, 1.807) is 4.90 Å². The molecule has 2 aromatic heterocycles. The number of hydrogen-bond acceptors (Lipinski definition) is 6. The van der Waals surface area contributed by atoms with Gasteiger partial charge in [0.15, 0.2) is 5.82 Å². The third-order valence-corrected chi connectivity index (χ3v) is 4.93. The van der Waals surface area contributed by atoms with Crippen molar-refractivity contribution in [2.75, 3.05) is 13.1 Å². The molecule has 1 fully saturated rings. The van der Waals surface area contributed by atoms with E-state index in [1.807, 2.05) is 0 Å². The Kier molecular flexibility index (Phi) is 4.99. The van der Waals surface area contributed by atoms with Crippen LogP contribution in [-0.2, 0) is 11.0 Å². The van der Waals surface area contributed by atoms with Gasteiger partial charge in [0.25, 0.3) is 5.89 Å². The monoisotopic (exact) mass is 403 g/mol. The van der Waals surface area contributed by atoms with E-state index in [-0.39, 0.29) is 17.7 Å². The van der Waals surface area contributed by atoms with E-state index in [0.717, 1.165) is 24.1 Å². The molecule has 3 heterocycles. The number of piperidine rings is 1. The number of nitrogens with zero attached hydrogens (tertiary/aromatic N) is 5. The second-order valence-corrected chi connectivity index (χ2v) is 6.86. The summed E-state index contributed by atoms with van der Waals surface area (Å²) in [5, 5.41) is 4.01. The minimum atomic E-state index is -4.39. The quantitative estimate of drug-likeness (QED) is 0.622. The van der Waals surface area contributed by atoms with Crippen molar-refractivity contribution in [1.82, 2.24) is 25.0 Å². The molecule has 150 valence electrons. The van der Waals surface area contributed by atoms with Crippen LogP contribution >= 0.6 is 0 Å². The molecule has 0 saturated carbocycles. The molecule has 7 nitrogen and oxygen atoms in total. The van der Waals surface area contributed by atoms with E-state index >= 15 is 0 Å². The van der Waals surface area contributed by atoms with Crippen LogP contribution in [0.2, 0.25) is 0 Å². The van der Waals surface area contributed by atoms with Crippen LogP contribution in [0.15, 0.2) is 47.4 Å². The summed E-state index contributed by atoms with van der Waals surface area (Å²) in [7, 11) is 0. The van der Waals surface area contributed by atoms with Gasteiger partial charge in [-0.2, -0.15) is 18.2 Å². The first kappa shape index (κ1) is 19.0. The van der Waals surface area contributed by atoms with Gasteiger partial charge >= 0.3 is 6.18 Å². The fourth-order valence-electron chi connectivity index (χ4n) is 3.51. The Bertz CT molecular complexity index is 976. The lowest BCUT2D eigenvalue weighted by atomic mass is 9.84. The van der Waals surface area contributed by atoms with Crippen molar-refractivity contribution in [1.29, 1.82) is 0 Å². The van der Waals surface area contributed by atoms with Crippen molar-refractivity contribution < 1.29 is 22.5 Å². The van der Waals surface area contributed by atoms with Gasteiger partial charge in [-0.25, -0.2) is 4.98 Å². The van der Waals surface area contributed by atoms with Crippen molar-refractivity contribution in [2.24, 2.45) is 0 Å². The van der Waals surface area contributed by atoms with Crippen LogP contribution in [0.5, 0.6) is 0 Å². The lowest BCUT2D eigenvalue weighted by molar-refractivity contribution is -0.137. The number of hydrogen-bond donors (Lipinski definition) is 0. The lowest BCUT2D eigenvalue weighted by Crippen LogP contribution is -2.38. The minimum absolute atomic E-state index is 0.139. The molecule has 0 radical (unpaired) electrons. The third-order valence-electron chi connectivity index (χ3n) is 4.93. The van der Waals surface area contributed by atoms with Crippen LogP contribution < -0.4 is 0 Å². The maximum Gasteiger partial charge on any atom is 0.416 e. The number of amides is 1. The number of rotatable bonds is 4. The first-order valence-electron chi connectivity index (χ1n) is 8.90. The zero-order chi connectivity index (χ0) is 20.4. The molecule has 0 bridgehead atoms. The number of carbonyl (C=O) groups excluding carboxylic acids is 1.